The normalized spacial score (nSPS) is 12.2. The predicted molar refractivity (Wildman–Crippen MR) is 166 cm³/mol. The number of nitrogens with zero attached hydrogens (tertiary/aromatic N) is 2. The molecule has 3 rings (SSSR count). The second-order valence-corrected chi connectivity index (χ2v) is 13.3. The van der Waals surface area contributed by atoms with Crippen molar-refractivity contribution in [3.05, 3.63) is 92.4 Å². The molecule has 0 heterocycles. The zero-order valence-corrected chi connectivity index (χ0v) is 26.6. The molecule has 1 N–H and O–H groups in total. The fourth-order valence-electron chi connectivity index (χ4n) is 4.11. The minimum atomic E-state index is -4.25. The number of benzene rings is 3. The number of sulfonamides is 1. The molecular formula is C29H31Cl4N3O4S. The van der Waals surface area contributed by atoms with Crippen molar-refractivity contribution in [1.82, 2.24) is 10.2 Å². The lowest BCUT2D eigenvalue weighted by Gasteiger charge is -2.33. The van der Waals surface area contributed by atoms with Gasteiger partial charge in [0, 0.05) is 23.1 Å². The Bertz CT molecular complexity index is 1470. The number of anilines is 1. The van der Waals surface area contributed by atoms with E-state index in [1.54, 1.807) is 43.3 Å². The third-order valence-corrected chi connectivity index (χ3v) is 9.12. The van der Waals surface area contributed by atoms with E-state index in [-0.39, 0.29) is 50.4 Å². The fourth-order valence-corrected chi connectivity index (χ4v) is 6.36. The van der Waals surface area contributed by atoms with Gasteiger partial charge in [-0.2, -0.15) is 0 Å². The van der Waals surface area contributed by atoms with Gasteiger partial charge >= 0.3 is 0 Å². The summed E-state index contributed by atoms with van der Waals surface area (Å²) in [6.07, 6.45) is 0.283. The van der Waals surface area contributed by atoms with Gasteiger partial charge in [0.25, 0.3) is 10.0 Å². The molecule has 3 aromatic rings. The molecule has 0 aromatic heterocycles. The van der Waals surface area contributed by atoms with E-state index in [0.29, 0.717) is 17.1 Å². The minimum absolute atomic E-state index is 0.0150. The van der Waals surface area contributed by atoms with Crippen LogP contribution in [0, 0.1) is 5.92 Å². The Balaban J connectivity index is 2.08. The molecule has 0 aliphatic rings. The first-order valence-electron chi connectivity index (χ1n) is 12.9. The summed E-state index contributed by atoms with van der Waals surface area (Å²) in [5, 5.41) is 3.90. The molecule has 41 heavy (non-hydrogen) atoms. The van der Waals surface area contributed by atoms with Crippen molar-refractivity contribution in [2.75, 3.05) is 17.4 Å². The van der Waals surface area contributed by atoms with Crippen LogP contribution in [0.25, 0.3) is 0 Å². The SMILES string of the molecule is CC[C@@H](C(=O)NCC(C)C)N(Cc1ccc(Cl)c(Cl)c1)C(=O)CN(c1cc(Cl)cc(Cl)c1)S(=O)(=O)c1ccccc1. The Morgan fingerprint density at radius 1 is 0.878 bits per heavy atom. The van der Waals surface area contributed by atoms with Crippen LogP contribution in [0.2, 0.25) is 20.1 Å². The van der Waals surface area contributed by atoms with Crippen molar-refractivity contribution in [3.8, 4) is 0 Å². The average Bonchev–Trinajstić information content (AvgIpc) is 2.92. The monoisotopic (exact) mass is 657 g/mol. The van der Waals surface area contributed by atoms with Gasteiger partial charge in [-0.1, -0.05) is 91.4 Å². The summed E-state index contributed by atoms with van der Waals surface area (Å²) in [5.74, 6) is -0.772. The van der Waals surface area contributed by atoms with Crippen LogP contribution in [-0.2, 0) is 26.2 Å². The topological polar surface area (TPSA) is 86.8 Å². The van der Waals surface area contributed by atoms with Crippen LogP contribution in [0.15, 0.2) is 71.6 Å². The van der Waals surface area contributed by atoms with Crippen molar-refractivity contribution >= 4 is 73.9 Å². The van der Waals surface area contributed by atoms with Crippen LogP contribution in [0.1, 0.15) is 32.8 Å². The zero-order chi connectivity index (χ0) is 30.3. The maximum Gasteiger partial charge on any atom is 0.264 e. The number of amides is 2. The number of carbonyl (C=O) groups excluding carboxylic acids is 2. The van der Waals surface area contributed by atoms with Gasteiger partial charge in [0.05, 0.1) is 20.6 Å². The molecule has 12 heteroatoms. The second-order valence-electron chi connectivity index (χ2n) is 9.79. The third-order valence-electron chi connectivity index (χ3n) is 6.15. The maximum atomic E-state index is 14.1. The highest BCUT2D eigenvalue weighted by molar-refractivity contribution is 7.92. The number of hydrogen-bond acceptors (Lipinski definition) is 4. The van der Waals surface area contributed by atoms with Gasteiger partial charge in [0.2, 0.25) is 11.8 Å². The molecule has 0 aliphatic carbocycles. The standard InChI is InChI=1S/C29H31Cl4N3O4S/c1-4-27(29(38)34-16-19(2)3)35(17-20-10-11-25(32)26(33)12-20)28(37)18-36(23-14-21(30)13-22(31)15-23)41(39,40)24-8-6-5-7-9-24/h5-15,19,27H,4,16-18H2,1-3H3,(H,34,38)/t27-/m0/s1. The third kappa shape index (κ3) is 8.75. The summed E-state index contributed by atoms with van der Waals surface area (Å²) in [6, 6.07) is 16.0. The lowest BCUT2D eigenvalue weighted by molar-refractivity contribution is -0.140. The van der Waals surface area contributed by atoms with Crippen molar-refractivity contribution < 1.29 is 18.0 Å². The lowest BCUT2D eigenvalue weighted by atomic mass is 10.1. The summed E-state index contributed by atoms with van der Waals surface area (Å²) in [6.45, 7) is 5.48. The van der Waals surface area contributed by atoms with Crippen molar-refractivity contribution in [2.45, 2.75) is 44.7 Å². The molecule has 3 aromatic carbocycles. The predicted octanol–water partition coefficient (Wildman–Crippen LogP) is 7.08. The number of nitrogens with one attached hydrogen (secondary N) is 1. The number of hydrogen-bond donors (Lipinski definition) is 1. The van der Waals surface area contributed by atoms with Crippen LogP contribution in [0.4, 0.5) is 5.69 Å². The minimum Gasteiger partial charge on any atom is -0.354 e. The molecule has 0 unspecified atom stereocenters. The first-order chi connectivity index (χ1) is 19.3. The molecule has 220 valence electrons. The summed E-state index contributed by atoms with van der Waals surface area (Å²) in [4.78, 5) is 28.7. The van der Waals surface area contributed by atoms with E-state index >= 15 is 0 Å². The average molecular weight is 659 g/mol. The summed E-state index contributed by atoms with van der Waals surface area (Å²) >= 11 is 24.8. The molecule has 0 radical (unpaired) electrons. The molecule has 0 fully saturated rings. The van der Waals surface area contributed by atoms with Gasteiger partial charge in [0.15, 0.2) is 0 Å². The van der Waals surface area contributed by atoms with Gasteiger partial charge < -0.3 is 10.2 Å². The highest BCUT2D eigenvalue weighted by atomic mass is 35.5. The van der Waals surface area contributed by atoms with E-state index in [4.69, 9.17) is 46.4 Å². The lowest BCUT2D eigenvalue weighted by Crippen LogP contribution is -2.52. The molecule has 0 aliphatic heterocycles. The highest BCUT2D eigenvalue weighted by Crippen LogP contribution is 2.30. The Morgan fingerprint density at radius 3 is 2.07 bits per heavy atom. The van der Waals surface area contributed by atoms with Gasteiger partial charge in [0.1, 0.15) is 12.6 Å². The van der Waals surface area contributed by atoms with Crippen LogP contribution in [0.5, 0.6) is 0 Å². The van der Waals surface area contributed by atoms with E-state index < -0.39 is 28.5 Å². The largest absolute Gasteiger partial charge is 0.354 e. The number of carbonyl (C=O) groups is 2. The first-order valence-corrected chi connectivity index (χ1v) is 15.8. The van der Waals surface area contributed by atoms with Crippen LogP contribution in [-0.4, -0.2) is 44.3 Å². The second kappa shape index (κ2) is 14.6. The van der Waals surface area contributed by atoms with Crippen molar-refractivity contribution in [1.29, 1.82) is 0 Å². The first kappa shape index (κ1) is 33.0. The molecule has 7 nitrogen and oxygen atoms in total. The molecule has 2 amide bonds. The van der Waals surface area contributed by atoms with E-state index in [9.17, 15) is 18.0 Å². The van der Waals surface area contributed by atoms with E-state index in [1.165, 1.54) is 35.2 Å². The van der Waals surface area contributed by atoms with Gasteiger partial charge in [-0.3, -0.25) is 13.9 Å². The molecule has 0 saturated carbocycles. The highest BCUT2D eigenvalue weighted by Gasteiger charge is 2.34. The zero-order valence-electron chi connectivity index (χ0n) is 22.8. The van der Waals surface area contributed by atoms with Gasteiger partial charge in [-0.25, -0.2) is 8.42 Å². The van der Waals surface area contributed by atoms with Crippen molar-refractivity contribution in [3.63, 3.8) is 0 Å². The fraction of sp³-hybridized carbons (Fsp3) is 0.310. The van der Waals surface area contributed by atoms with E-state index in [2.05, 4.69) is 5.32 Å². The Labute approximate surface area is 261 Å². The Kier molecular flexibility index (Phi) is 11.8. The molecular weight excluding hydrogens is 628 g/mol. The van der Waals surface area contributed by atoms with Crippen LogP contribution < -0.4 is 9.62 Å². The summed E-state index contributed by atoms with van der Waals surface area (Å²) < 4.78 is 28.7. The summed E-state index contributed by atoms with van der Waals surface area (Å²) in [5.41, 5.74) is 0.720. The molecule has 0 spiro atoms. The Hall–Kier alpha value is -2.49. The Morgan fingerprint density at radius 2 is 1.51 bits per heavy atom. The molecule has 0 bridgehead atoms. The quantitative estimate of drug-likeness (QED) is 0.225. The van der Waals surface area contributed by atoms with E-state index in [1.807, 2.05) is 13.8 Å². The molecule has 1 atom stereocenters. The smallest absolute Gasteiger partial charge is 0.264 e. The summed E-state index contributed by atoms with van der Waals surface area (Å²) in [7, 11) is -4.25. The molecule has 0 saturated heterocycles. The number of rotatable bonds is 12. The van der Waals surface area contributed by atoms with E-state index in [0.717, 1.165) is 4.31 Å². The number of halogens is 4. The van der Waals surface area contributed by atoms with Gasteiger partial charge in [-0.05, 0) is 60.4 Å². The van der Waals surface area contributed by atoms with Crippen LogP contribution in [0.3, 0.4) is 0 Å². The van der Waals surface area contributed by atoms with Crippen molar-refractivity contribution in [2.24, 2.45) is 5.92 Å². The van der Waals surface area contributed by atoms with Gasteiger partial charge in [-0.15, -0.1) is 0 Å². The maximum absolute atomic E-state index is 14.1. The van der Waals surface area contributed by atoms with Crippen LogP contribution >= 0.6 is 46.4 Å².